The number of amides is 4. The number of hydrogen-bond donors (Lipinski definition) is 8. The van der Waals surface area contributed by atoms with Gasteiger partial charge < -0.3 is 42.6 Å². The van der Waals surface area contributed by atoms with Crippen molar-refractivity contribution in [2.75, 3.05) is 0 Å². The van der Waals surface area contributed by atoms with Gasteiger partial charge in [-0.25, -0.2) is 9.78 Å². The molecule has 172 valence electrons. The smallest absolute Gasteiger partial charge is 0.326 e. The van der Waals surface area contributed by atoms with Gasteiger partial charge in [-0.3, -0.25) is 19.2 Å². The third kappa shape index (κ3) is 8.39. The molecule has 0 spiro atoms. The van der Waals surface area contributed by atoms with Crippen molar-refractivity contribution in [3.63, 3.8) is 0 Å². The molecule has 31 heavy (non-hydrogen) atoms. The molecule has 14 heteroatoms. The highest BCUT2D eigenvalue weighted by atomic mass is 16.4. The second kappa shape index (κ2) is 11.6. The highest BCUT2D eigenvalue weighted by molar-refractivity contribution is 5.95. The van der Waals surface area contributed by atoms with Gasteiger partial charge in [-0.05, 0) is 13.8 Å². The summed E-state index contributed by atoms with van der Waals surface area (Å²) in [5, 5.41) is 25.8. The van der Waals surface area contributed by atoms with Crippen LogP contribution in [-0.4, -0.2) is 80.1 Å². The number of aliphatic carboxylic acids is 1. The first kappa shape index (κ1) is 25.5. The highest BCUT2D eigenvalue weighted by Crippen LogP contribution is 2.03. The van der Waals surface area contributed by atoms with Gasteiger partial charge in [-0.1, -0.05) is 0 Å². The number of hydrogen-bond acceptors (Lipinski definition) is 8. The monoisotopic (exact) mass is 441 g/mol. The van der Waals surface area contributed by atoms with E-state index in [1.165, 1.54) is 26.4 Å². The molecule has 14 nitrogen and oxygen atoms in total. The van der Waals surface area contributed by atoms with Crippen molar-refractivity contribution in [1.82, 2.24) is 25.9 Å². The summed E-state index contributed by atoms with van der Waals surface area (Å²) in [5.74, 6) is -4.99. The van der Waals surface area contributed by atoms with Gasteiger partial charge in [0.15, 0.2) is 0 Å². The van der Waals surface area contributed by atoms with Crippen LogP contribution in [0, 0.1) is 0 Å². The molecule has 5 unspecified atom stereocenters. The van der Waals surface area contributed by atoms with Gasteiger partial charge in [0.2, 0.25) is 23.6 Å². The molecule has 0 aliphatic rings. The Kier molecular flexibility index (Phi) is 9.56. The summed E-state index contributed by atoms with van der Waals surface area (Å²) < 4.78 is 0. The first-order valence-electron chi connectivity index (χ1n) is 9.25. The second-order valence-corrected chi connectivity index (χ2v) is 6.93. The maximum Gasteiger partial charge on any atom is 0.326 e. The molecule has 0 aromatic carbocycles. The van der Waals surface area contributed by atoms with E-state index < -0.39 is 66.3 Å². The van der Waals surface area contributed by atoms with Gasteiger partial charge >= 0.3 is 5.97 Å². The van der Waals surface area contributed by atoms with Gasteiger partial charge in [-0.15, -0.1) is 0 Å². The van der Waals surface area contributed by atoms with E-state index in [1.807, 2.05) is 0 Å². The van der Waals surface area contributed by atoms with Crippen LogP contribution in [0.15, 0.2) is 12.5 Å². The zero-order chi connectivity index (χ0) is 23.7. The first-order chi connectivity index (χ1) is 14.4. The van der Waals surface area contributed by atoms with E-state index >= 15 is 0 Å². The molecular formula is C17H27N7O7. The van der Waals surface area contributed by atoms with Crippen LogP contribution in [0.5, 0.6) is 0 Å². The lowest BCUT2D eigenvalue weighted by Gasteiger charge is -2.25. The Labute approximate surface area is 177 Å². The summed E-state index contributed by atoms with van der Waals surface area (Å²) in [6.07, 6.45) is 0.594. The van der Waals surface area contributed by atoms with Gasteiger partial charge in [-0.2, -0.15) is 0 Å². The molecule has 1 aromatic rings. The molecule has 1 heterocycles. The van der Waals surface area contributed by atoms with Crippen molar-refractivity contribution >= 4 is 29.6 Å². The molecule has 0 saturated heterocycles. The molecule has 1 rings (SSSR count). The minimum atomic E-state index is -1.61. The number of aromatic nitrogens is 2. The van der Waals surface area contributed by atoms with Crippen molar-refractivity contribution in [2.24, 2.45) is 11.5 Å². The molecule has 1 aromatic heterocycles. The summed E-state index contributed by atoms with van der Waals surface area (Å²) in [6, 6.07) is -5.34. The summed E-state index contributed by atoms with van der Waals surface area (Å²) in [7, 11) is 0. The lowest BCUT2D eigenvalue weighted by atomic mass is 10.1. The van der Waals surface area contributed by atoms with Crippen molar-refractivity contribution in [3.8, 4) is 0 Å². The molecule has 5 atom stereocenters. The minimum absolute atomic E-state index is 0.131. The molecule has 4 amide bonds. The number of carboxylic acids is 1. The molecular weight excluding hydrogens is 414 g/mol. The SMILES string of the molecule is CC(N)C(=O)NC(C(=O)NC(Cc1cnc[nH]1)C(=O)NC(CC(N)=O)C(=O)O)C(C)O. The standard InChI is InChI=1S/C17H27N7O7/c1-7(18)14(27)24-13(8(2)25)16(29)22-10(3-9-5-20-6-21-9)15(28)23-11(17(30)31)4-12(19)26/h5-8,10-11,13,25H,3-4,18H2,1-2H3,(H2,19,26)(H,20,21)(H,22,29)(H,23,28)(H,24,27)(H,30,31). The second-order valence-electron chi connectivity index (χ2n) is 6.93. The van der Waals surface area contributed by atoms with Crippen LogP contribution in [-0.2, 0) is 30.4 Å². The van der Waals surface area contributed by atoms with E-state index in [9.17, 15) is 34.2 Å². The third-order valence-corrected chi connectivity index (χ3v) is 4.11. The number of aliphatic hydroxyl groups is 1. The number of imidazole rings is 1. The average Bonchev–Trinajstić information content (AvgIpc) is 3.16. The normalized spacial score (nSPS) is 15.6. The molecule has 0 radical (unpaired) electrons. The number of nitrogens with two attached hydrogens (primary N) is 2. The van der Waals surface area contributed by atoms with Crippen LogP contribution in [0.2, 0.25) is 0 Å². The summed E-state index contributed by atoms with van der Waals surface area (Å²) in [5.41, 5.74) is 10.9. The number of H-pyrrole nitrogens is 1. The lowest BCUT2D eigenvalue weighted by Crippen LogP contribution is -2.60. The van der Waals surface area contributed by atoms with Crippen molar-refractivity contribution in [2.45, 2.75) is 57.0 Å². The van der Waals surface area contributed by atoms with Crippen LogP contribution >= 0.6 is 0 Å². The van der Waals surface area contributed by atoms with Crippen LogP contribution in [0.1, 0.15) is 26.0 Å². The average molecular weight is 441 g/mol. The van der Waals surface area contributed by atoms with Gasteiger partial charge in [0.1, 0.15) is 18.1 Å². The highest BCUT2D eigenvalue weighted by Gasteiger charge is 2.32. The first-order valence-corrected chi connectivity index (χ1v) is 9.25. The minimum Gasteiger partial charge on any atom is -0.480 e. The Balaban J connectivity index is 3.04. The zero-order valence-electron chi connectivity index (χ0n) is 17.0. The Morgan fingerprint density at radius 3 is 2.13 bits per heavy atom. The number of rotatable bonds is 12. The lowest BCUT2D eigenvalue weighted by molar-refractivity contribution is -0.143. The van der Waals surface area contributed by atoms with E-state index in [-0.39, 0.29) is 6.42 Å². The van der Waals surface area contributed by atoms with Gasteiger partial charge in [0.25, 0.3) is 0 Å². The Morgan fingerprint density at radius 1 is 1.06 bits per heavy atom. The Morgan fingerprint density at radius 2 is 1.68 bits per heavy atom. The predicted molar refractivity (Wildman–Crippen MR) is 105 cm³/mol. The van der Waals surface area contributed by atoms with Crippen LogP contribution in [0.4, 0.5) is 0 Å². The van der Waals surface area contributed by atoms with Gasteiger partial charge in [0.05, 0.1) is 24.9 Å². The Bertz CT molecular complexity index is 795. The molecule has 0 aliphatic heterocycles. The molecule has 10 N–H and O–H groups in total. The van der Waals surface area contributed by atoms with E-state index in [2.05, 4.69) is 25.9 Å². The van der Waals surface area contributed by atoms with Crippen molar-refractivity contribution in [1.29, 1.82) is 0 Å². The maximum absolute atomic E-state index is 12.7. The van der Waals surface area contributed by atoms with Crippen LogP contribution in [0.25, 0.3) is 0 Å². The number of nitrogens with one attached hydrogen (secondary N) is 4. The fourth-order valence-electron chi connectivity index (χ4n) is 2.45. The topological polar surface area (TPSA) is 243 Å². The van der Waals surface area contributed by atoms with E-state index in [0.29, 0.717) is 5.69 Å². The number of aliphatic hydroxyl groups excluding tert-OH is 1. The third-order valence-electron chi connectivity index (χ3n) is 4.11. The van der Waals surface area contributed by atoms with Crippen molar-refractivity contribution < 1.29 is 34.2 Å². The molecule has 0 bridgehead atoms. The maximum atomic E-state index is 12.7. The predicted octanol–water partition coefficient (Wildman–Crippen LogP) is -3.91. The number of primary amides is 1. The number of carbonyl (C=O) groups excluding carboxylic acids is 4. The molecule has 0 fully saturated rings. The number of carboxylic acid groups (broad SMARTS) is 1. The van der Waals surface area contributed by atoms with E-state index in [4.69, 9.17) is 11.5 Å². The van der Waals surface area contributed by atoms with Crippen LogP contribution in [0.3, 0.4) is 0 Å². The largest absolute Gasteiger partial charge is 0.480 e. The summed E-state index contributed by atoms with van der Waals surface area (Å²) in [6.45, 7) is 2.63. The van der Waals surface area contributed by atoms with E-state index in [0.717, 1.165) is 0 Å². The Hall–Kier alpha value is -3.52. The number of carbonyl (C=O) groups is 5. The number of aromatic amines is 1. The fraction of sp³-hybridized carbons (Fsp3) is 0.529. The quantitative estimate of drug-likeness (QED) is 0.158. The molecule has 0 aliphatic carbocycles. The van der Waals surface area contributed by atoms with Crippen molar-refractivity contribution in [3.05, 3.63) is 18.2 Å². The summed E-state index contributed by atoms with van der Waals surface area (Å²) in [4.78, 5) is 66.1. The van der Waals surface area contributed by atoms with Crippen LogP contribution < -0.4 is 27.4 Å². The zero-order valence-corrected chi connectivity index (χ0v) is 17.0. The van der Waals surface area contributed by atoms with Gasteiger partial charge in [0, 0.05) is 18.3 Å². The fourth-order valence-corrected chi connectivity index (χ4v) is 2.45. The molecule has 0 saturated carbocycles. The van der Waals surface area contributed by atoms with E-state index in [1.54, 1.807) is 0 Å². The summed E-state index contributed by atoms with van der Waals surface area (Å²) >= 11 is 0. The number of nitrogens with zero attached hydrogens (tertiary/aromatic N) is 1.